The van der Waals surface area contributed by atoms with E-state index in [1.807, 2.05) is 31.4 Å². The molecule has 0 aliphatic carbocycles. The van der Waals surface area contributed by atoms with Crippen LogP contribution in [0.4, 0.5) is 5.69 Å². The molecule has 2 aromatic rings. The van der Waals surface area contributed by atoms with Crippen molar-refractivity contribution in [3.05, 3.63) is 51.8 Å². The molecule has 1 heterocycles. The first-order chi connectivity index (χ1) is 9.13. The minimum atomic E-state index is 0.575. The molecule has 0 aliphatic heterocycles. The molecule has 0 bridgehead atoms. The van der Waals surface area contributed by atoms with Crippen molar-refractivity contribution >= 4 is 21.6 Å². The highest BCUT2D eigenvalue weighted by Gasteiger charge is 2.05. The normalized spacial score (nSPS) is 9.68. The number of nitriles is 2. The maximum atomic E-state index is 9.07. The Morgan fingerprint density at radius 2 is 2.05 bits per heavy atom. The van der Waals surface area contributed by atoms with Crippen LogP contribution in [0.1, 0.15) is 16.8 Å². The summed E-state index contributed by atoms with van der Waals surface area (Å²) in [5, 5.41) is 21.2. The molecule has 5 heteroatoms. The minimum Gasteiger partial charge on any atom is -0.380 e. The highest BCUT2D eigenvalue weighted by Crippen LogP contribution is 2.21. The number of aryl methyl sites for hydroxylation is 1. The first-order valence-corrected chi connectivity index (χ1v) is 6.42. The molecule has 0 fully saturated rings. The summed E-state index contributed by atoms with van der Waals surface area (Å²) in [5.74, 6) is 0. The second kappa shape index (κ2) is 5.60. The summed E-state index contributed by atoms with van der Waals surface area (Å²) < 4.78 is 2.66. The first-order valence-electron chi connectivity index (χ1n) is 5.63. The predicted molar refractivity (Wildman–Crippen MR) is 76.3 cm³/mol. The fourth-order valence-electron chi connectivity index (χ4n) is 1.80. The molecule has 0 atom stereocenters. The standard InChI is InChI=1S/C14H11BrN4/c1-19-9-10(4-13(19)7-17)8-18-14-3-2-12(15)5-11(14)6-16/h2-5,9,18H,8H2,1H3. The van der Waals surface area contributed by atoms with Crippen molar-refractivity contribution in [3.8, 4) is 12.1 Å². The molecule has 94 valence electrons. The van der Waals surface area contributed by atoms with Gasteiger partial charge < -0.3 is 9.88 Å². The number of halogens is 1. The molecule has 0 unspecified atom stereocenters. The van der Waals surface area contributed by atoms with Crippen molar-refractivity contribution in [1.29, 1.82) is 10.5 Å². The molecule has 1 N–H and O–H groups in total. The number of nitrogens with one attached hydrogen (secondary N) is 1. The largest absolute Gasteiger partial charge is 0.380 e. The van der Waals surface area contributed by atoms with Crippen molar-refractivity contribution in [2.45, 2.75) is 6.54 Å². The molecule has 1 aromatic carbocycles. The average molecular weight is 315 g/mol. The lowest BCUT2D eigenvalue weighted by molar-refractivity contribution is 0.902. The maximum absolute atomic E-state index is 9.07. The number of hydrogen-bond acceptors (Lipinski definition) is 3. The molecule has 0 radical (unpaired) electrons. The van der Waals surface area contributed by atoms with Gasteiger partial charge in [-0.3, -0.25) is 0 Å². The van der Waals surface area contributed by atoms with Gasteiger partial charge in [-0.1, -0.05) is 15.9 Å². The Morgan fingerprint density at radius 1 is 1.26 bits per heavy atom. The molecule has 0 amide bonds. The zero-order valence-electron chi connectivity index (χ0n) is 10.3. The van der Waals surface area contributed by atoms with Crippen LogP contribution in [0.25, 0.3) is 0 Å². The van der Waals surface area contributed by atoms with Crippen LogP contribution >= 0.6 is 15.9 Å². The summed E-state index contributed by atoms with van der Waals surface area (Å²) >= 11 is 3.34. The lowest BCUT2D eigenvalue weighted by Gasteiger charge is -2.07. The van der Waals surface area contributed by atoms with E-state index >= 15 is 0 Å². The fraction of sp³-hybridized carbons (Fsp3) is 0.143. The smallest absolute Gasteiger partial charge is 0.120 e. The lowest BCUT2D eigenvalue weighted by atomic mass is 10.2. The number of aromatic nitrogens is 1. The first kappa shape index (κ1) is 13.2. The molecule has 2 rings (SSSR count). The van der Waals surface area contributed by atoms with E-state index < -0.39 is 0 Å². The highest BCUT2D eigenvalue weighted by atomic mass is 79.9. The van der Waals surface area contributed by atoms with E-state index in [-0.39, 0.29) is 0 Å². The minimum absolute atomic E-state index is 0.575. The van der Waals surface area contributed by atoms with E-state index in [2.05, 4.69) is 33.4 Å². The number of rotatable bonds is 3. The monoisotopic (exact) mass is 314 g/mol. The average Bonchev–Trinajstić information content (AvgIpc) is 2.77. The van der Waals surface area contributed by atoms with Crippen LogP contribution in [0.2, 0.25) is 0 Å². The Labute approximate surface area is 120 Å². The fourth-order valence-corrected chi connectivity index (χ4v) is 2.16. The summed E-state index contributed by atoms with van der Waals surface area (Å²) in [7, 11) is 1.84. The Hall–Kier alpha value is -2.24. The Bertz CT molecular complexity index is 688. The Kier molecular flexibility index (Phi) is 3.89. The highest BCUT2D eigenvalue weighted by molar-refractivity contribution is 9.10. The van der Waals surface area contributed by atoms with Crippen LogP contribution in [0, 0.1) is 22.7 Å². The van der Waals surface area contributed by atoms with Crippen LogP contribution < -0.4 is 5.32 Å². The molecule has 0 saturated heterocycles. The van der Waals surface area contributed by atoms with Crippen molar-refractivity contribution in [3.63, 3.8) is 0 Å². The number of hydrogen-bond donors (Lipinski definition) is 1. The van der Waals surface area contributed by atoms with Crippen molar-refractivity contribution in [2.24, 2.45) is 7.05 Å². The lowest BCUT2D eigenvalue weighted by Crippen LogP contribution is -2.00. The third-order valence-corrected chi connectivity index (χ3v) is 3.25. The maximum Gasteiger partial charge on any atom is 0.120 e. The molecular weight excluding hydrogens is 304 g/mol. The van der Waals surface area contributed by atoms with Gasteiger partial charge in [-0.05, 0) is 29.8 Å². The van der Waals surface area contributed by atoms with Crippen molar-refractivity contribution in [1.82, 2.24) is 4.57 Å². The van der Waals surface area contributed by atoms with Crippen LogP contribution in [-0.4, -0.2) is 4.57 Å². The molecule has 0 saturated carbocycles. The van der Waals surface area contributed by atoms with Gasteiger partial charge >= 0.3 is 0 Å². The molecule has 0 aliphatic rings. The SMILES string of the molecule is Cn1cc(CNc2ccc(Br)cc2C#N)cc1C#N. The predicted octanol–water partition coefficient (Wildman–Crippen LogP) is 3.14. The third kappa shape index (κ3) is 2.96. The summed E-state index contributed by atoms with van der Waals surface area (Å²) in [6, 6.07) is 11.6. The summed E-state index contributed by atoms with van der Waals surface area (Å²) in [5.41, 5.74) is 3.00. The van der Waals surface area contributed by atoms with Gasteiger partial charge in [-0.25, -0.2) is 0 Å². The number of anilines is 1. The number of benzene rings is 1. The second-order valence-electron chi connectivity index (χ2n) is 4.11. The Morgan fingerprint density at radius 3 is 2.68 bits per heavy atom. The van der Waals surface area contributed by atoms with Crippen molar-refractivity contribution in [2.75, 3.05) is 5.32 Å². The van der Waals surface area contributed by atoms with Gasteiger partial charge in [-0.15, -0.1) is 0 Å². The van der Waals surface area contributed by atoms with E-state index in [0.717, 1.165) is 15.7 Å². The van der Waals surface area contributed by atoms with Crippen LogP contribution in [0.5, 0.6) is 0 Å². The van der Waals surface area contributed by atoms with Crippen LogP contribution in [0.3, 0.4) is 0 Å². The molecule has 4 nitrogen and oxygen atoms in total. The van der Waals surface area contributed by atoms with Gasteiger partial charge in [0, 0.05) is 24.3 Å². The van der Waals surface area contributed by atoms with Gasteiger partial charge in [0.15, 0.2) is 0 Å². The van der Waals surface area contributed by atoms with Crippen molar-refractivity contribution < 1.29 is 0 Å². The van der Waals surface area contributed by atoms with E-state index in [9.17, 15) is 0 Å². The molecule has 19 heavy (non-hydrogen) atoms. The van der Waals surface area contributed by atoms with E-state index in [0.29, 0.717) is 17.8 Å². The quantitative estimate of drug-likeness (QED) is 0.946. The summed E-state index contributed by atoms with van der Waals surface area (Å²) in [6.07, 6.45) is 1.90. The summed E-state index contributed by atoms with van der Waals surface area (Å²) in [6.45, 7) is 0.575. The molecular formula is C14H11BrN4. The van der Waals surface area contributed by atoms with E-state index in [4.69, 9.17) is 10.5 Å². The van der Waals surface area contributed by atoms with Gasteiger partial charge in [0.25, 0.3) is 0 Å². The van der Waals surface area contributed by atoms with Gasteiger partial charge in [-0.2, -0.15) is 10.5 Å². The second-order valence-corrected chi connectivity index (χ2v) is 5.03. The van der Waals surface area contributed by atoms with Crippen LogP contribution in [-0.2, 0) is 13.6 Å². The summed E-state index contributed by atoms with van der Waals surface area (Å²) in [4.78, 5) is 0. The molecule has 1 aromatic heterocycles. The van der Waals surface area contributed by atoms with Gasteiger partial charge in [0.05, 0.1) is 11.3 Å². The topological polar surface area (TPSA) is 64.5 Å². The molecule has 0 spiro atoms. The van der Waals surface area contributed by atoms with E-state index in [1.165, 1.54) is 0 Å². The number of nitrogens with zero attached hydrogens (tertiary/aromatic N) is 3. The van der Waals surface area contributed by atoms with Gasteiger partial charge in [0.2, 0.25) is 0 Å². The zero-order valence-corrected chi connectivity index (χ0v) is 11.9. The third-order valence-electron chi connectivity index (χ3n) is 2.76. The van der Waals surface area contributed by atoms with Crippen LogP contribution in [0.15, 0.2) is 34.9 Å². The van der Waals surface area contributed by atoms with E-state index in [1.54, 1.807) is 10.6 Å². The zero-order chi connectivity index (χ0) is 13.8. The van der Waals surface area contributed by atoms with Gasteiger partial charge in [0.1, 0.15) is 17.8 Å². The Balaban J connectivity index is 2.15.